The fourth-order valence-electron chi connectivity index (χ4n) is 3.10. The van der Waals surface area contributed by atoms with Gasteiger partial charge < -0.3 is 23.6 Å². The maximum atomic E-state index is 11.8. The van der Waals surface area contributed by atoms with E-state index in [1.165, 1.54) is 12.0 Å². The molecule has 2 aliphatic rings. The summed E-state index contributed by atoms with van der Waals surface area (Å²) in [4.78, 5) is 29.1. The number of nitrogens with zero attached hydrogens (tertiary/aromatic N) is 3. The molecule has 2 aromatic rings. The molecule has 0 spiro atoms. The molecular formula is C17H17N3O6. The summed E-state index contributed by atoms with van der Waals surface area (Å²) in [6.45, 7) is 1.10. The lowest BCUT2D eigenvalue weighted by molar-refractivity contribution is -0.158. The van der Waals surface area contributed by atoms with E-state index in [1.807, 2.05) is 18.2 Å². The Hall–Kier alpha value is -3.10. The Morgan fingerprint density at radius 3 is 2.73 bits per heavy atom. The lowest BCUT2D eigenvalue weighted by Gasteiger charge is -2.29. The van der Waals surface area contributed by atoms with E-state index in [1.54, 1.807) is 0 Å². The van der Waals surface area contributed by atoms with Crippen LogP contribution in [0, 0.1) is 0 Å². The first kappa shape index (κ1) is 16.4. The summed E-state index contributed by atoms with van der Waals surface area (Å²) in [5.41, 5.74) is 0.780. The molecule has 3 heterocycles. The molecule has 26 heavy (non-hydrogen) atoms. The molecule has 1 fully saturated rings. The lowest BCUT2D eigenvalue weighted by Crippen LogP contribution is -2.42. The number of esters is 1. The Morgan fingerprint density at radius 1 is 1.19 bits per heavy atom. The van der Waals surface area contributed by atoms with Crippen LogP contribution in [-0.2, 0) is 14.3 Å². The maximum absolute atomic E-state index is 11.8. The number of likely N-dealkylation sites (tertiary alicyclic amines) is 1. The average Bonchev–Trinajstić information content (AvgIpc) is 3.35. The van der Waals surface area contributed by atoms with Gasteiger partial charge in [-0.1, -0.05) is 5.16 Å². The fraction of sp³-hybridized carbons (Fsp3) is 0.412. The zero-order valence-electron chi connectivity index (χ0n) is 14.1. The molecule has 136 valence electrons. The molecular weight excluding hydrogens is 342 g/mol. The van der Waals surface area contributed by atoms with Gasteiger partial charge in [0.05, 0.1) is 7.11 Å². The van der Waals surface area contributed by atoms with E-state index >= 15 is 0 Å². The highest BCUT2D eigenvalue weighted by Gasteiger charge is 2.30. The number of methoxy groups -OCH3 is 1. The zero-order valence-corrected chi connectivity index (χ0v) is 14.1. The quantitative estimate of drug-likeness (QED) is 0.584. The van der Waals surface area contributed by atoms with Crippen molar-refractivity contribution in [3.05, 3.63) is 24.1 Å². The number of fused-ring (bicyclic) bond motifs is 1. The van der Waals surface area contributed by atoms with Gasteiger partial charge >= 0.3 is 11.9 Å². The molecule has 0 bridgehead atoms. The van der Waals surface area contributed by atoms with Crippen LogP contribution in [0.15, 0.2) is 22.7 Å². The van der Waals surface area contributed by atoms with Gasteiger partial charge in [0.25, 0.3) is 0 Å². The standard InChI is InChI=1S/C17H17N3O6/c1-23-17(22)16(21)20-6-4-10(5-7-20)15-18-14(19-26-15)11-2-3-12-13(8-11)25-9-24-12/h2-3,8,10H,4-7,9H2,1H3. The molecule has 0 aliphatic carbocycles. The molecule has 1 aromatic heterocycles. The van der Waals surface area contributed by atoms with Crippen LogP contribution in [0.4, 0.5) is 0 Å². The van der Waals surface area contributed by atoms with Gasteiger partial charge in [0, 0.05) is 24.6 Å². The van der Waals surface area contributed by atoms with Crippen molar-refractivity contribution >= 4 is 11.9 Å². The number of benzene rings is 1. The maximum Gasteiger partial charge on any atom is 0.396 e. The van der Waals surface area contributed by atoms with Gasteiger partial charge in [0.2, 0.25) is 18.5 Å². The number of ether oxygens (including phenoxy) is 3. The Labute approximate surface area is 148 Å². The van der Waals surface area contributed by atoms with Gasteiger partial charge in [0.1, 0.15) is 0 Å². The summed E-state index contributed by atoms with van der Waals surface area (Å²) in [7, 11) is 1.20. The molecule has 0 saturated carbocycles. The van der Waals surface area contributed by atoms with Crippen LogP contribution in [0.1, 0.15) is 24.7 Å². The molecule has 1 saturated heterocycles. The highest BCUT2D eigenvalue weighted by atomic mass is 16.7. The minimum atomic E-state index is -0.841. The summed E-state index contributed by atoms with van der Waals surface area (Å²) < 4.78 is 20.5. The Balaban J connectivity index is 1.43. The second-order valence-corrected chi connectivity index (χ2v) is 6.08. The van der Waals surface area contributed by atoms with E-state index in [9.17, 15) is 9.59 Å². The molecule has 4 rings (SSSR count). The van der Waals surface area contributed by atoms with Crippen molar-refractivity contribution in [3.63, 3.8) is 0 Å². The van der Waals surface area contributed by atoms with Crippen molar-refractivity contribution < 1.29 is 28.3 Å². The lowest BCUT2D eigenvalue weighted by atomic mass is 9.96. The van der Waals surface area contributed by atoms with Crippen LogP contribution in [0.3, 0.4) is 0 Å². The molecule has 1 aromatic carbocycles. The zero-order chi connectivity index (χ0) is 18.1. The first-order valence-electron chi connectivity index (χ1n) is 8.26. The van der Waals surface area contributed by atoms with E-state index in [2.05, 4.69) is 14.9 Å². The van der Waals surface area contributed by atoms with E-state index in [0.717, 1.165) is 5.56 Å². The Kier molecular flexibility index (Phi) is 4.19. The second-order valence-electron chi connectivity index (χ2n) is 6.08. The van der Waals surface area contributed by atoms with Crippen molar-refractivity contribution in [2.75, 3.05) is 27.0 Å². The third-order valence-electron chi connectivity index (χ3n) is 4.56. The highest BCUT2D eigenvalue weighted by Crippen LogP contribution is 2.36. The molecule has 0 radical (unpaired) electrons. The average molecular weight is 359 g/mol. The summed E-state index contributed by atoms with van der Waals surface area (Å²) in [6.07, 6.45) is 1.29. The predicted molar refractivity (Wildman–Crippen MR) is 86.4 cm³/mol. The Bertz CT molecular complexity index is 841. The number of carbonyl (C=O) groups is 2. The molecule has 9 nitrogen and oxygen atoms in total. The topological polar surface area (TPSA) is 104 Å². The number of aromatic nitrogens is 2. The van der Waals surface area contributed by atoms with Crippen molar-refractivity contribution in [2.24, 2.45) is 0 Å². The van der Waals surface area contributed by atoms with Crippen molar-refractivity contribution in [3.8, 4) is 22.9 Å². The first-order valence-corrected chi connectivity index (χ1v) is 8.26. The van der Waals surface area contributed by atoms with Crippen molar-refractivity contribution in [2.45, 2.75) is 18.8 Å². The van der Waals surface area contributed by atoms with Gasteiger partial charge in [-0.3, -0.25) is 4.79 Å². The number of piperidine rings is 1. The van der Waals surface area contributed by atoms with E-state index < -0.39 is 11.9 Å². The third kappa shape index (κ3) is 2.96. The van der Waals surface area contributed by atoms with E-state index in [0.29, 0.717) is 49.1 Å². The predicted octanol–water partition coefficient (Wildman–Crippen LogP) is 1.34. The van der Waals surface area contributed by atoms with Crippen LogP contribution in [0.2, 0.25) is 0 Å². The number of hydrogen-bond acceptors (Lipinski definition) is 8. The largest absolute Gasteiger partial charge is 0.462 e. The van der Waals surface area contributed by atoms with Crippen molar-refractivity contribution in [1.29, 1.82) is 0 Å². The molecule has 0 atom stereocenters. The molecule has 0 unspecified atom stereocenters. The minimum Gasteiger partial charge on any atom is -0.462 e. The number of carbonyl (C=O) groups excluding carboxylic acids is 2. The van der Waals surface area contributed by atoms with Crippen LogP contribution in [0.5, 0.6) is 11.5 Å². The van der Waals surface area contributed by atoms with Crippen LogP contribution >= 0.6 is 0 Å². The van der Waals surface area contributed by atoms with Gasteiger partial charge in [-0.2, -0.15) is 4.98 Å². The SMILES string of the molecule is COC(=O)C(=O)N1CCC(c2nc(-c3ccc4c(c3)OCO4)no2)CC1. The minimum absolute atomic E-state index is 0.0481. The highest BCUT2D eigenvalue weighted by molar-refractivity contribution is 6.32. The van der Waals surface area contributed by atoms with Crippen molar-refractivity contribution in [1.82, 2.24) is 15.0 Å². The van der Waals surface area contributed by atoms with Gasteiger partial charge in [-0.15, -0.1) is 0 Å². The summed E-state index contributed by atoms with van der Waals surface area (Å²) in [5, 5.41) is 4.05. The van der Waals surface area contributed by atoms with Gasteiger partial charge in [0.15, 0.2) is 11.5 Å². The van der Waals surface area contributed by atoms with Crippen LogP contribution in [0.25, 0.3) is 11.4 Å². The van der Waals surface area contributed by atoms with E-state index in [4.69, 9.17) is 14.0 Å². The third-order valence-corrected chi connectivity index (χ3v) is 4.56. The normalized spacial score (nSPS) is 16.6. The van der Waals surface area contributed by atoms with E-state index in [-0.39, 0.29) is 12.7 Å². The number of rotatable bonds is 2. The summed E-state index contributed by atoms with van der Waals surface area (Å²) in [5.74, 6) is 0.952. The smallest absolute Gasteiger partial charge is 0.396 e. The summed E-state index contributed by atoms with van der Waals surface area (Å²) in [6, 6.07) is 5.47. The summed E-state index contributed by atoms with van der Waals surface area (Å²) >= 11 is 0. The van der Waals surface area contributed by atoms with Gasteiger partial charge in [-0.25, -0.2) is 4.79 Å². The molecule has 0 N–H and O–H groups in total. The second kappa shape index (κ2) is 6.66. The molecule has 2 aliphatic heterocycles. The van der Waals surface area contributed by atoms with Crippen LogP contribution < -0.4 is 9.47 Å². The Morgan fingerprint density at radius 2 is 1.96 bits per heavy atom. The number of hydrogen-bond donors (Lipinski definition) is 0. The molecule has 9 heteroatoms. The first-order chi connectivity index (χ1) is 12.7. The monoisotopic (exact) mass is 359 g/mol. The van der Waals surface area contributed by atoms with Crippen LogP contribution in [-0.4, -0.2) is 53.9 Å². The molecule has 1 amide bonds. The number of amides is 1. The fourth-order valence-corrected chi connectivity index (χ4v) is 3.10. The van der Waals surface area contributed by atoms with Gasteiger partial charge in [-0.05, 0) is 31.0 Å².